The van der Waals surface area contributed by atoms with Gasteiger partial charge in [-0.2, -0.15) is 8.42 Å². The molecule has 0 radical (unpaired) electrons. The van der Waals surface area contributed by atoms with Gasteiger partial charge in [-0.25, -0.2) is 0 Å². The summed E-state index contributed by atoms with van der Waals surface area (Å²) in [4.78, 5) is 16.5. The third-order valence-electron chi connectivity index (χ3n) is 3.38. The lowest BCUT2D eigenvalue weighted by atomic mass is 10.2. The van der Waals surface area contributed by atoms with E-state index in [9.17, 15) is 13.2 Å². The summed E-state index contributed by atoms with van der Waals surface area (Å²) < 4.78 is 28.4. The molecule has 8 heteroatoms. The largest absolute Gasteiger partial charge is 0.300 e. The second-order valence-electron chi connectivity index (χ2n) is 5.39. The number of pyridine rings is 1. The van der Waals surface area contributed by atoms with Crippen molar-refractivity contribution in [2.24, 2.45) is 4.40 Å². The highest BCUT2D eigenvalue weighted by atomic mass is 32.2. The first-order chi connectivity index (χ1) is 12.4. The fourth-order valence-electron chi connectivity index (χ4n) is 2.07. The van der Waals surface area contributed by atoms with Crippen molar-refractivity contribution < 1.29 is 13.2 Å². The van der Waals surface area contributed by atoms with Crippen molar-refractivity contribution in [2.45, 2.75) is 11.8 Å². The van der Waals surface area contributed by atoms with Crippen LogP contribution in [0.2, 0.25) is 0 Å². The van der Waals surface area contributed by atoms with Crippen molar-refractivity contribution in [2.75, 3.05) is 0 Å². The van der Waals surface area contributed by atoms with Gasteiger partial charge in [0.15, 0.2) is 5.17 Å². The van der Waals surface area contributed by atoms with E-state index in [1.165, 1.54) is 12.1 Å². The van der Waals surface area contributed by atoms with Crippen LogP contribution in [-0.4, -0.2) is 24.5 Å². The van der Waals surface area contributed by atoms with E-state index in [1.54, 1.807) is 36.6 Å². The average Bonchev–Trinajstić information content (AvgIpc) is 2.95. The van der Waals surface area contributed by atoms with Gasteiger partial charge in [-0.05, 0) is 55.1 Å². The normalized spacial score (nSPS) is 18.0. The number of nitrogens with zero attached hydrogens (tertiary/aromatic N) is 2. The Labute approximate surface area is 155 Å². The number of amides is 1. The minimum absolute atomic E-state index is 0.0352. The molecule has 1 fully saturated rings. The highest BCUT2D eigenvalue weighted by molar-refractivity contribution is 8.19. The summed E-state index contributed by atoms with van der Waals surface area (Å²) in [6, 6.07) is 11.9. The molecule has 1 amide bonds. The summed E-state index contributed by atoms with van der Waals surface area (Å²) in [7, 11) is -3.87. The smallest absolute Gasteiger partial charge is 0.284 e. The fourth-order valence-corrected chi connectivity index (χ4v) is 4.00. The minimum Gasteiger partial charge on any atom is -0.300 e. The van der Waals surface area contributed by atoms with Crippen molar-refractivity contribution in [1.82, 2.24) is 10.3 Å². The first-order valence-corrected chi connectivity index (χ1v) is 9.90. The molecule has 2 aromatic rings. The number of benzene rings is 1. The molecule has 1 aliphatic rings. The number of aryl methyl sites for hydroxylation is 1. The third-order valence-corrected chi connectivity index (χ3v) is 5.71. The van der Waals surface area contributed by atoms with Crippen LogP contribution in [0.3, 0.4) is 0 Å². The Hall–Kier alpha value is -2.71. The highest BCUT2D eigenvalue weighted by Crippen LogP contribution is 2.25. The predicted octanol–water partition coefficient (Wildman–Crippen LogP) is 2.90. The molecule has 1 aromatic heterocycles. The molecule has 26 heavy (non-hydrogen) atoms. The molecule has 2 heterocycles. The standard InChI is InChI=1S/C18H15N3O3S2/c1-13-8-10-15(11-9-13)26(23,24)21-18-20-17(22)16(25-18)7-4-6-14-5-2-3-12-19-14/h2-12H,1H3,(H,20,21,22)/b6-4+,16-7-. The molecule has 3 rings (SSSR count). The van der Waals surface area contributed by atoms with Gasteiger partial charge in [-0.3, -0.25) is 15.1 Å². The van der Waals surface area contributed by atoms with Crippen molar-refractivity contribution in [3.8, 4) is 0 Å². The number of allylic oxidation sites excluding steroid dienone is 2. The number of carbonyl (C=O) groups excluding carboxylic acids is 1. The van der Waals surface area contributed by atoms with Crippen molar-refractivity contribution in [1.29, 1.82) is 0 Å². The molecule has 0 spiro atoms. The highest BCUT2D eigenvalue weighted by Gasteiger charge is 2.26. The maximum absolute atomic E-state index is 12.3. The predicted molar refractivity (Wildman–Crippen MR) is 103 cm³/mol. The number of carbonyl (C=O) groups is 1. The molecule has 0 saturated carbocycles. The number of amidine groups is 1. The molecular weight excluding hydrogens is 370 g/mol. The average molecular weight is 385 g/mol. The van der Waals surface area contributed by atoms with E-state index in [2.05, 4.69) is 14.7 Å². The lowest BCUT2D eigenvalue weighted by molar-refractivity contribution is -0.115. The fraction of sp³-hybridized carbons (Fsp3) is 0.0556. The Morgan fingerprint density at radius 3 is 2.62 bits per heavy atom. The molecule has 1 aromatic carbocycles. The van der Waals surface area contributed by atoms with Crippen molar-refractivity contribution >= 4 is 38.9 Å². The number of aromatic nitrogens is 1. The molecule has 1 aliphatic heterocycles. The Morgan fingerprint density at radius 2 is 1.92 bits per heavy atom. The van der Waals surface area contributed by atoms with Crippen LogP contribution in [0, 0.1) is 6.92 Å². The zero-order valence-electron chi connectivity index (χ0n) is 13.8. The minimum atomic E-state index is -3.87. The van der Waals surface area contributed by atoms with Crippen LogP contribution in [0.15, 0.2) is 75.0 Å². The molecule has 1 N–H and O–H groups in total. The molecule has 132 valence electrons. The van der Waals surface area contributed by atoms with Gasteiger partial charge < -0.3 is 0 Å². The summed E-state index contributed by atoms with van der Waals surface area (Å²) in [6.45, 7) is 1.87. The van der Waals surface area contributed by atoms with Crippen molar-refractivity contribution in [3.05, 3.63) is 77.0 Å². The van der Waals surface area contributed by atoms with Gasteiger partial charge >= 0.3 is 0 Å². The van der Waals surface area contributed by atoms with Crippen LogP contribution in [0.1, 0.15) is 11.3 Å². The Balaban J connectivity index is 1.76. The van der Waals surface area contributed by atoms with Gasteiger partial charge in [-0.1, -0.05) is 29.8 Å². The maximum atomic E-state index is 12.3. The van der Waals surface area contributed by atoms with E-state index in [0.29, 0.717) is 4.91 Å². The molecule has 0 bridgehead atoms. The quantitative estimate of drug-likeness (QED) is 0.818. The van der Waals surface area contributed by atoms with Crippen LogP contribution >= 0.6 is 11.8 Å². The van der Waals surface area contributed by atoms with E-state index in [4.69, 9.17) is 0 Å². The summed E-state index contributed by atoms with van der Waals surface area (Å²) in [5.41, 5.74) is 1.70. The summed E-state index contributed by atoms with van der Waals surface area (Å²) in [6.07, 6.45) is 6.70. The lowest BCUT2D eigenvalue weighted by Gasteiger charge is -2.00. The van der Waals surface area contributed by atoms with E-state index >= 15 is 0 Å². The van der Waals surface area contributed by atoms with Crippen molar-refractivity contribution in [3.63, 3.8) is 0 Å². The van der Waals surface area contributed by atoms with Crippen LogP contribution < -0.4 is 5.32 Å². The van der Waals surface area contributed by atoms with Gasteiger partial charge in [0, 0.05) is 6.20 Å². The zero-order chi connectivity index (χ0) is 18.6. The van der Waals surface area contributed by atoms with Gasteiger partial charge in [0.25, 0.3) is 15.9 Å². The molecule has 1 saturated heterocycles. The molecular formula is C18H15N3O3S2. The van der Waals surface area contributed by atoms with E-state index in [-0.39, 0.29) is 10.1 Å². The number of hydrogen-bond donors (Lipinski definition) is 1. The Kier molecular flexibility index (Phi) is 5.34. The van der Waals surface area contributed by atoms with Gasteiger partial charge in [0.1, 0.15) is 0 Å². The maximum Gasteiger partial charge on any atom is 0.284 e. The molecule has 0 unspecified atom stereocenters. The van der Waals surface area contributed by atoms with E-state index < -0.39 is 15.9 Å². The Bertz CT molecular complexity index is 1010. The SMILES string of the molecule is Cc1ccc(S(=O)(=O)/N=C2/NC(=O)/C(=C/C=C/c3ccccn3)S2)cc1. The molecule has 0 aliphatic carbocycles. The third kappa shape index (κ3) is 4.47. The topological polar surface area (TPSA) is 88.5 Å². The monoisotopic (exact) mass is 385 g/mol. The Morgan fingerprint density at radius 1 is 1.15 bits per heavy atom. The molecule has 0 atom stereocenters. The number of nitrogens with one attached hydrogen (secondary N) is 1. The van der Waals surface area contributed by atoms with E-state index in [0.717, 1.165) is 23.0 Å². The van der Waals surface area contributed by atoms with Crippen LogP contribution in [0.4, 0.5) is 0 Å². The van der Waals surface area contributed by atoms with Gasteiger partial charge in [0.05, 0.1) is 15.5 Å². The lowest BCUT2D eigenvalue weighted by Crippen LogP contribution is -2.20. The first-order valence-electron chi connectivity index (χ1n) is 7.64. The second kappa shape index (κ2) is 7.67. The number of sulfonamides is 1. The first kappa shape index (κ1) is 18.1. The second-order valence-corrected chi connectivity index (χ2v) is 8.02. The summed E-state index contributed by atoms with van der Waals surface area (Å²) >= 11 is 0.978. The zero-order valence-corrected chi connectivity index (χ0v) is 15.4. The van der Waals surface area contributed by atoms with Crippen LogP contribution in [-0.2, 0) is 14.8 Å². The van der Waals surface area contributed by atoms with E-state index in [1.807, 2.05) is 25.1 Å². The van der Waals surface area contributed by atoms with Gasteiger partial charge in [-0.15, -0.1) is 4.40 Å². The van der Waals surface area contributed by atoms with Crippen LogP contribution in [0.5, 0.6) is 0 Å². The van der Waals surface area contributed by atoms with Gasteiger partial charge in [0.2, 0.25) is 0 Å². The number of hydrogen-bond acceptors (Lipinski definition) is 5. The number of thioether (sulfide) groups is 1. The summed E-state index contributed by atoms with van der Waals surface area (Å²) in [5.74, 6) is -0.390. The molecule has 6 nitrogen and oxygen atoms in total. The summed E-state index contributed by atoms with van der Waals surface area (Å²) in [5, 5.41) is 2.50. The van der Waals surface area contributed by atoms with Crippen LogP contribution in [0.25, 0.3) is 6.08 Å². The number of rotatable bonds is 4.